The minimum Gasteiger partial charge on any atom is -0.408 e. The molecule has 0 bridgehead atoms. The van der Waals surface area contributed by atoms with E-state index in [9.17, 15) is 9.59 Å². The molecule has 5 heteroatoms. The first-order valence-corrected chi connectivity index (χ1v) is 6.91. The minimum atomic E-state index is -0.477. The highest BCUT2D eigenvalue weighted by atomic mass is 16.4. The molecule has 0 unspecified atom stereocenters. The van der Waals surface area contributed by atoms with Gasteiger partial charge in [0.05, 0.1) is 12.1 Å². The van der Waals surface area contributed by atoms with Gasteiger partial charge in [-0.3, -0.25) is 9.78 Å². The zero-order valence-corrected chi connectivity index (χ0v) is 11.6. The first-order chi connectivity index (χ1) is 10.7. The van der Waals surface area contributed by atoms with E-state index in [-0.39, 0.29) is 5.56 Å². The minimum absolute atomic E-state index is 0.0336. The number of aromatic nitrogens is 2. The van der Waals surface area contributed by atoms with Crippen LogP contribution in [0.2, 0.25) is 0 Å². The zero-order valence-electron chi connectivity index (χ0n) is 11.6. The van der Waals surface area contributed by atoms with Crippen LogP contribution in [0.4, 0.5) is 0 Å². The Morgan fingerprint density at radius 2 is 1.91 bits per heavy atom. The van der Waals surface area contributed by atoms with Crippen molar-refractivity contribution in [1.29, 1.82) is 0 Å². The standard InChI is InChI=1S/C17H12N2O3/c20-16-13-4-2-1-3-12(13)7-8-19(16)10-11-5-6-14-15(9-11)22-17(21)18-14/h1-9H,10H2,(H,18,21). The number of hydrogen-bond donors (Lipinski definition) is 1. The molecule has 2 aromatic heterocycles. The number of rotatable bonds is 2. The van der Waals surface area contributed by atoms with Crippen molar-refractivity contribution < 1.29 is 4.42 Å². The first kappa shape index (κ1) is 12.6. The van der Waals surface area contributed by atoms with Gasteiger partial charge in [0, 0.05) is 11.6 Å². The highest BCUT2D eigenvalue weighted by Gasteiger charge is 2.05. The van der Waals surface area contributed by atoms with Gasteiger partial charge in [0.2, 0.25) is 0 Å². The predicted octanol–water partition coefficient (Wildman–Crippen LogP) is 2.48. The van der Waals surface area contributed by atoms with Crippen molar-refractivity contribution in [2.75, 3.05) is 0 Å². The van der Waals surface area contributed by atoms with Crippen molar-refractivity contribution in [2.24, 2.45) is 0 Å². The average molecular weight is 292 g/mol. The van der Waals surface area contributed by atoms with Gasteiger partial charge in [0.15, 0.2) is 5.58 Å². The summed E-state index contributed by atoms with van der Waals surface area (Å²) in [5.74, 6) is -0.477. The van der Waals surface area contributed by atoms with E-state index < -0.39 is 5.76 Å². The predicted molar refractivity (Wildman–Crippen MR) is 84.1 cm³/mol. The molecule has 0 amide bonds. The Labute approximate surface area is 124 Å². The van der Waals surface area contributed by atoms with Crippen LogP contribution in [-0.2, 0) is 6.54 Å². The van der Waals surface area contributed by atoms with Crippen LogP contribution in [0.15, 0.2) is 68.7 Å². The van der Waals surface area contributed by atoms with Crippen molar-refractivity contribution in [2.45, 2.75) is 6.54 Å². The fourth-order valence-electron chi connectivity index (χ4n) is 2.64. The van der Waals surface area contributed by atoms with Gasteiger partial charge in [0.1, 0.15) is 0 Å². The smallest absolute Gasteiger partial charge is 0.408 e. The number of pyridine rings is 1. The normalized spacial score (nSPS) is 11.3. The molecule has 0 aliphatic carbocycles. The maximum atomic E-state index is 12.5. The number of nitrogens with zero attached hydrogens (tertiary/aromatic N) is 1. The third kappa shape index (κ3) is 2.03. The van der Waals surface area contributed by atoms with Crippen molar-refractivity contribution in [3.8, 4) is 0 Å². The molecule has 4 rings (SSSR count). The monoisotopic (exact) mass is 292 g/mol. The highest BCUT2D eigenvalue weighted by molar-refractivity contribution is 5.81. The summed E-state index contributed by atoms with van der Waals surface area (Å²) in [5.41, 5.74) is 2.01. The maximum Gasteiger partial charge on any atom is 0.417 e. The molecule has 1 N–H and O–H groups in total. The third-order valence-corrected chi connectivity index (χ3v) is 3.72. The van der Waals surface area contributed by atoms with E-state index in [1.54, 1.807) is 22.9 Å². The number of H-pyrrole nitrogens is 1. The second kappa shape index (κ2) is 4.73. The van der Waals surface area contributed by atoms with E-state index in [0.29, 0.717) is 23.0 Å². The zero-order chi connectivity index (χ0) is 15.1. The molecular formula is C17H12N2O3. The van der Waals surface area contributed by atoms with Gasteiger partial charge in [-0.25, -0.2) is 4.79 Å². The number of oxazole rings is 1. The Hall–Kier alpha value is -3.08. The lowest BCUT2D eigenvalue weighted by Crippen LogP contribution is -2.19. The maximum absolute atomic E-state index is 12.5. The molecule has 0 aliphatic heterocycles. The summed E-state index contributed by atoms with van der Waals surface area (Å²) in [6.45, 7) is 0.425. The summed E-state index contributed by atoms with van der Waals surface area (Å²) in [4.78, 5) is 26.3. The SMILES string of the molecule is O=c1[nH]c2ccc(Cn3ccc4ccccc4c3=O)cc2o1. The van der Waals surface area contributed by atoms with E-state index in [1.165, 1.54) is 0 Å². The quantitative estimate of drug-likeness (QED) is 0.617. The Morgan fingerprint density at radius 3 is 2.82 bits per heavy atom. The first-order valence-electron chi connectivity index (χ1n) is 6.91. The van der Waals surface area contributed by atoms with E-state index in [0.717, 1.165) is 10.9 Å². The van der Waals surface area contributed by atoms with Crippen LogP contribution in [0.5, 0.6) is 0 Å². The number of benzene rings is 2. The largest absolute Gasteiger partial charge is 0.417 e. The number of aromatic amines is 1. The molecule has 0 aliphatic rings. The van der Waals surface area contributed by atoms with Crippen molar-refractivity contribution in [1.82, 2.24) is 9.55 Å². The molecule has 2 aromatic carbocycles. The number of hydrogen-bond acceptors (Lipinski definition) is 3. The Morgan fingerprint density at radius 1 is 1.05 bits per heavy atom. The number of nitrogens with one attached hydrogen (secondary N) is 1. The van der Waals surface area contributed by atoms with Gasteiger partial charge in [-0.2, -0.15) is 0 Å². The fourth-order valence-corrected chi connectivity index (χ4v) is 2.64. The van der Waals surface area contributed by atoms with E-state index in [1.807, 2.05) is 36.4 Å². The lowest BCUT2D eigenvalue weighted by Gasteiger charge is -2.07. The second-order valence-electron chi connectivity index (χ2n) is 5.18. The molecule has 0 saturated carbocycles. The van der Waals surface area contributed by atoms with Gasteiger partial charge in [-0.15, -0.1) is 0 Å². The molecule has 0 atom stereocenters. The second-order valence-corrected chi connectivity index (χ2v) is 5.18. The molecule has 5 nitrogen and oxygen atoms in total. The fraction of sp³-hybridized carbons (Fsp3) is 0.0588. The van der Waals surface area contributed by atoms with Crippen LogP contribution in [0.25, 0.3) is 21.9 Å². The van der Waals surface area contributed by atoms with Gasteiger partial charge in [-0.1, -0.05) is 24.3 Å². The van der Waals surface area contributed by atoms with Crippen molar-refractivity contribution in [3.63, 3.8) is 0 Å². The third-order valence-electron chi connectivity index (χ3n) is 3.72. The molecule has 0 spiro atoms. The Bertz CT molecular complexity index is 1100. The number of fused-ring (bicyclic) bond motifs is 2. The van der Waals surface area contributed by atoms with Crippen molar-refractivity contribution in [3.05, 3.63) is 81.2 Å². The average Bonchev–Trinajstić information content (AvgIpc) is 2.90. The van der Waals surface area contributed by atoms with Crippen LogP contribution < -0.4 is 11.3 Å². The molecule has 2 heterocycles. The lowest BCUT2D eigenvalue weighted by molar-refractivity contribution is 0.555. The van der Waals surface area contributed by atoms with E-state index in [4.69, 9.17) is 4.42 Å². The molecule has 0 radical (unpaired) electrons. The van der Waals surface area contributed by atoms with Crippen LogP contribution in [0.3, 0.4) is 0 Å². The van der Waals surface area contributed by atoms with Gasteiger partial charge < -0.3 is 8.98 Å². The lowest BCUT2D eigenvalue weighted by atomic mass is 10.1. The molecular weight excluding hydrogens is 280 g/mol. The summed E-state index contributed by atoms with van der Waals surface area (Å²) < 4.78 is 6.70. The van der Waals surface area contributed by atoms with E-state index in [2.05, 4.69) is 4.98 Å². The van der Waals surface area contributed by atoms with Gasteiger partial charge in [0.25, 0.3) is 5.56 Å². The van der Waals surface area contributed by atoms with Crippen LogP contribution in [-0.4, -0.2) is 9.55 Å². The van der Waals surface area contributed by atoms with Gasteiger partial charge >= 0.3 is 5.76 Å². The molecule has 0 saturated heterocycles. The molecule has 4 aromatic rings. The van der Waals surface area contributed by atoms with E-state index >= 15 is 0 Å². The Kier molecular flexibility index (Phi) is 2.72. The Balaban J connectivity index is 1.80. The van der Waals surface area contributed by atoms with Crippen LogP contribution in [0.1, 0.15) is 5.56 Å². The summed E-state index contributed by atoms with van der Waals surface area (Å²) in [6, 6.07) is 14.9. The van der Waals surface area contributed by atoms with Crippen molar-refractivity contribution >= 4 is 21.9 Å². The van der Waals surface area contributed by atoms with Crippen LogP contribution in [0, 0.1) is 0 Å². The highest BCUT2D eigenvalue weighted by Crippen LogP contribution is 2.14. The molecule has 22 heavy (non-hydrogen) atoms. The molecule has 108 valence electrons. The summed E-state index contributed by atoms with van der Waals surface area (Å²) >= 11 is 0. The topological polar surface area (TPSA) is 68.0 Å². The van der Waals surface area contributed by atoms with Gasteiger partial charge in [-0.05, 0) is 35.2 Å². The molecule has 0 fully saturated rings. The summed E-state index contributed by atoms with van der Waals surface area (Å²) in [6.07, 6.45) is 1.78. The summed E-state index contributed by atoms with van der Waals surface area (Å²) in [5, 5.41) is 1.62. The summed E-state index contributed by atoms with van der Waals surface area (Å²) in [7, 11) is 0. The van der Waals surface area contributed by atoms with Crippen LogP contribution >= 0.6 is 0 Å².